The van der Waals surface area contributed by atoms with Crippen LogP contribution in [0, 0.1) is 5.92 Å². The van der Waals surface area contributed by atoms with E-state index in [4.69, 9.17) is 20.1 Å². The Labute approximate surface area is 346 Å². The van der Waals surface area contributed by atoms with Crippen LogP contribution in [-0.2, 0) is 38.4 Å². The van der Waals surface area contributed by atoms with Crippen molar-refractivity contribution in [2.24, 2.45) is 5.92 Å². The maximum absolute atomic E-state index is 12.8. The zero-order valence-electron chi connectivity index (χ0n) is 35.3. The minimum absolute atomic E-state index is 0.0119. The van der Waals surface area contributed by atoms with Crippen molar-refractivity contribution in [3.05, 3.63) is 0 Å². The zero-order chi connectivity index (χ0) is 45.6. The molecule has 0 spiro atoms. The van der Waals surface area contributed by atoms with Gasteiger partial charge in [-0.1, -0.05) is 20.8 Å². The van der Waals surface area contributed by atoms with E-state index in [0.29, 0.717) is 64.8 Å². The number of carbonyl (C=O) groups excluding carboxylic acids is 6. The van der Waals surface area contributed by atoms with Gasteiger partial charge in [0.1, 0.15) is 18.4 Å². The number of aliphatic hydroxyl groups excluding tert-OH is 4. The average molecular weight is 854 g/mol. The van der Waals surface area contributed by atoms with Gasteiger partial charge in [-0.3, -0.25) is 48.3 Å². The lowest BCUT2D eigenvalue weighted by Gasteiger charge is -2.32. The van der Waals surface area contributed by atoms with E-state index in [1.54, 1.807) is 4.90 Å². The number of nitrogens with zero attached hydrogens (tertiary/aromatic N) is 4. The van der Waals surface area contributed by atoms with Gasteiger partial charge in [0.2, 0.25) is 29.5 Å². The van der Waals surface area contributed by atoms with Crippen LogP contribution < -0.4 is 26.6 Å². The molecule has 23 nitrogen and oxygen atoms in total. The van der Waals surface area contributed by atoms with Gasteiger partial charge in [-0.05, 0) is 25.3 Å². The monoisotopic (exact) mass is 854 g/mol. The molecule has 0 aromatic heterocycles. The highest BCUT2D eigenvalue weighted by Crippen LogP contribution is 2.03. The van der Waals surface area contributed by atoms with Crippen molar-refractivity contribution in [2.75, 3.05) is 126 Å². The molecule has 11 N–H and O–H groups in total. The molecule has 0 bridgehead atoms. The largest absolute Gasteiger partial charge is 0.483 e. The van der Waals surface area contributed by atoms with E-state index in [2.05, 4.69) is 45.3 Å². The van der Waals surface area contributed by atoms with E-state index in [1.165, 1.54) is 0 Å². The molecular formula is C36H71N9O14. The average Bonchev–Trinajstić information content (AvgIpc) is 3.21. The fourth-order valence-corrected chi connectivity index (χ4v) is 5.30. The molecule has 0 aromatic carbocycles. The zero-order valence-corrected chi connectivity index (χ0v) is 35.3. The number of aldehydes is 1. The number of hydrogen-bond acceptors (Lipinski definition) is 16. The Balaban J connectivity index is -0.00000420. The lowest BCUT2D eigenvalue weighted by atomic mass is 10.1. The summed E-state index contributed by atoms with van der Waals surface area (Å²) in [6, 6.07) is -2.59. The first-order valence-electron chi connectivity index (χ1n) is 19.4. The molecule has 1 rings (SSSR count). The maximum Gasteiger partial charge on any atom is 0.317 e. The number of carboxylic acid groups (broad SMARTS) is 2. The van der Waals surface area contributed by atoms with Crippen molar-refractivity contribution in [3.63, 3.8) is 0 Å². The van der Waals surface area contributed by atoms with E-state index < -0.39 is 61.4 Å². The predicted molar refractivity (Wildman–Crippen MR) is 216 cm³/mol. The van der Waals surface area contributed by atoms with Crippen molar-refractivity contribution in [1.29, 1.82) is 0 Å². The van der Waals surface area contributed by atoms with Gasteiger partial charge in [0, 0.05) is 86.1 Å². The number of carbonyl (C=O) groups is 8. The Bertz CT molecular complexity index is 1190. The number of likely N-dealkylation sites (N-methyl/N-ethyl adjacent to an activating group) is 1. The van der Waals surface area contributed by atoms with E-state index in [9.17, 15) is 48.9 Å². The molecular weight excluding hydrogens is 782 g/mol. The first-order chi connectivity index (χ1) is 28.2. The summed E-state index contributed by atoms with van der Waals surface area (Å²) in [5.74, 6) is -3.65. The van der Waals surface area contributed by atoms with Crippen molar-refractivity contribution in [1.82, 2.24) is 46.2 Å². The Morgan fingerprint density at radius 3 is 1.56 bits per heavy atom. The van der Waals surface area contributed by atoms with Crippen molar-refractivity contribution >= 4 is 48.3 Å². The fraction of sp³-hybridized carbons (Fsp3) is 0.778. The van der Waals surface area contributed by atoms with Crippen LogP contribution in [0.3, 0.4) is 0 Å². The Morgan fingerprint density at radius 1 is 0.644 bits per heavy atom. The second-order valence-corrected chi connectivity index (χ2v) is 13.2. The summed E-state index contributed by atoms with van der Waals surface area (Å²) in [5, 5.41) is 61.7. The highest BCUT2D eigenvalue weighted by atomic mass is 16.4. The summed E-state index contributed by atoms with van der Waals surface area (Å²) < 4.78 is 0. The van der Waals surface area contributed by atoms with Gasteiger partial charge < -0.3 is 66.9 Å². The third-order valence-corrected chi connectivity index (χ3v) is 8.46. The van der Waals surface area contributed by atoms with Gasteiger partial charge in [0.15, 0.2) is 0 Å². The van der Waals surface area contributed by atoms with Gasteiger partial charge in [0.25, 0.3) is 6.47 Å². The second-order valence-electron chi connectivity index (χ2n) is 13.2. The first kappa shape index (κ1) is 59.0. The van der Waals surface area contributed by atoms with Gasteiger partial charge in [-0.15, -0.1) is 0 Å². The van der Waals surface area contributed by atoms with Crippen molar-refractivity contribution in [3.8, 4) is 0 Å². The number of nitrogens with one attached hydrogen (secondary N) is 5. The Kier molecular flexibility index (Phi) is 39.1. The molecule has 2 unspecified atom stereocenters. The van der Waals surface area contributed by atoms with Gasteiger partial charge in [-0.25, -0.2) is 0 Å². The summed E-state index contributed by atoms with van der Waals surface area (Å²) in [6.45, 7) is 9.46. The van der Waals surface area contributed by atoms with Gasteiger partial charge in [-0.2, -0.15) is 0 Å². The summed E-state index contributed by atoms with van der Waals surface area (Å²) in [6.07, 6.45) is 2.29. The molecule has 1 saturated heterocycles. The Morgan fingerprint density at radius 2 is 1.10 bits per heavy atom. The summed E-state index contributed by atoms with van der Waals surface area (Å²) in [5.41, 5.74) is 0. The quantitative estimate of drug-likeness (QED) is 0.0358. The number of aliphatic hydroxyl groups is 4. The van der Waals surface area contributed by atoms with Gasteiger partial charge in [0.05, 0.1) is 39.4 Å². The van der Waals surface area contributed by atoms with Crippen LogP contribution in [0.2, 0.25) is 0 Å². The second kappa shape index (κ2) is 39.1. The highest BCUT2D eigenvalue weighted by Gasteiger charge is 2.24. The first-order valence-corrected chi connectivity index (χ1v) is 19.4. The molecule has 1 aliphatic heterocycles. The number of rotatable bonds is 22. The predicted octanol–water partition coefficient (Wildman–Crippen LogP) is -5.44. The van der Waals surface area contributed by atoms with Crippen molar-refractivity contribution < 1.29 is 69.0 Å². The molecule has 1 fully saturated rings. The smallest absolute Gasteiger partial charge is 0.317 e. The van der Waals surface area contributed by atoms with Crippen LogP contribution in [0.25, 0.3) is 0 Å². The standard InChI is InChI=1S/C33H61N9O10.CH2O2.2CH4O/c1-4-39-10-12-40(18-19-43)13-15-42(22-31(49)50)17-16-41(14-11-39)21-30(48)34-9-7-28(46)37-27(24-45)33(52)36-20-29(47)38-26(23-44)32(51)35-8-5-6-25(2)3;2-1-3;2*1-2/h19,25-27,44-45H,4-18,20-24H2,1-3H3,(H,34,48)(H,35,51)(H,36,52)(H,37,46)(H,38,47)(H,49,50);1H,(H,2,3);2*2H,1H3. The van der Waals surface area contributed by atoms with Gasteiger partial charge >= 0.3 is 5.97 Å². The van der Waals surface area contributed by atoms with E-state index in [0.717, 1.165) is 39.9 Å². The van der Waals surface area contributed by atoms with Crippen LogP contribution >= 0.6 is 0 Å². The summed E-state index contributed by atoms with van der Waals surface area (Å²) >= 11 is 0. The van der Waals surface area contributed by atoms with Crippen molar-refractivity contribution in [2.45, 2.75) is 52.1 Å². The number of amides is 5. The minimum Gasteiger partial charge on any atom is -0.483 e. The van der Waals surface area contributed by atoms with Crippen LogP contribution in [0.4, 0.5) is 0 Å². The maximum atomic E-state index is 12.8. The number of hydrogen-bond donors (Lipinski definition) is 11. The highest BCUT2D eigenvalue weighted by molar-refractivity contribution is 5.92. The lowest BCUT2D eigenvalue weighted by molar-refractivity contribution is -0.138. The molecule has 0 aromatic rings. The molecule has 5 amide bonds. The van der Waals surface area contributed by atoms with E-state index >= 15 is 0 Å². The normalized spacial score (nSPS) is 15.2. The molecule has 0 aliphatic carbocycles. The van der Waals surface area contributed by atoms with Crippen LogP contribution in [-0.4, -0.2) is 236 Å². The molecule has 2 atom stereocenters. The number of carboxylic acids is 1. The molecule has 0 saturated carbocycles. The SMILES string of the molecule is CCN1CCN(CC=O)CCN(CC(=O)O)CCN(CC(=O)NCCC(=O)NC(CO)C(=O)NCC(=O)NC(CO)C(=O)NCCCC(C)C)CC1.CO.CO.O=CO. The van der Waals surface area contributed by atoms with Crippen LogP contribution in [0.5, 0.6) is 0 Å². The van der Waals surface area contributed by atoms with E-state index in [1.807, 2.05) is 16.7 Å². The lowest BCUT2D eigenvalue weighted by Crippen LogP contribution is -2.54. The number of aliphatic carboxylic acids is 1. The molecule has 344 valence electrons. The third-order valence-electron chi connectivity index (χ3n) is 8.46. The molecule has 1 heterocycles. The van der Waals surface area contributed by atoms with Crippen LogP contribution in [0.1, 0.15) is 40.0 Å². The third kappa shape index (κ3) is 32.2. The van der Waals surface area contributed by atoms with Crippen LogP contribution in [0.15, 0.2) is 0 Å². The molecule has 59 heavy (non-hydrogen) atoms. The minimum atomic E-state index is -1.38. The Hall–Kier alpha value is -4.36. The molecule has 1 aliphatic rings. The molecule has 23 heteroatoms. The summed E-state index contributed by atoms with van der Waals surface area (Å²) in [7, 11) is 2.00. The topological polar surface area (TPSA) is 331 Å². The fourth-order valence-electron chi connectivity index (χ4n) is 5.30. The summed E-state index contributed by atoms with van der Waals surface area (Å²) in [4.78, 5) is 101. The van der Waals surface area contributed by atoms with E-state index in [-0.39, 0.29) is 45.0 Å². The molecule has 0 radical (unpaired) electrons.